The molecule has 1 heterocycles. The maximum Gasteiger partial charge on any atom is 0.407 e. The number of rotatable bonds is 7. The molecule has 30 heavy (non-hydrogen) atoms. The molecule has 0 aliphatic heterocycles. The summed E-state index contributed by atoms with van der Waals surface area (Å²) >= 11 is 1.55. The van der Waals surface area contributed by atoms with E-state index in [-0.39, 0.29) is 23.1 Å². The topological polar surface area (TPSA) is 97.4 Å². The molecule has 3 rings (SSSR count). The van der Waals surface area contributed by atoms with Crippen LogP contribution in [0, 0.1) is 0 Å². The molecule has 1 aliphatic rings. The van der Waals surface area contributed by atoms with Crippen molar-refractivity contribution < 1.29 is 17.9 Å². The predicted molar refractivity (Wildman–Crippen MR) is 118 cm³/mol. The number of hydrogen-bond donors (Lipinski definition) is 2. The number of carbonyl (C=O) groups is 1. The number of benzene rings is 1. The molecule has 1 saturated carbocycles. The van der Waals surface area contributed by atoms with E-state index in [1.54, 1.807) is 36.6 Å². The second-order valence-electron chi connectivity index (χ2n) is 7.71. The molecule has 7 nitrogen and oxygen atoms in total. The van der Waals surface area contributed by atoms with Gasteiger partial charge in [0.05, 0.1) is 20.9 Å². The fraction of sp³-hybridized carbons (Fsp3) is 0.524. The number of carbonyl (C=O) groups excluding carboxylic acids is 1. The van der Waals surface area contributed by atoms with Gasteiger partial charge in [0.1, 0.15) is 0 Å². The number of thiazole rings is 1. The number of nitrogens with one attached hydrogen (secondary N) is 2. The molecule has 0 atom stereocenters. The Hall–Kier alpha value is -1.97. The van der Waals surface area contributed by atoms with Crippen LogP contribution in [0.15, 0.2) is 35.4 Å². The Balaban J connectivity index is 1.68. The molecular formula is C21H29N3O4S2. The van der Waals surface area contributed by atoms with E-state index in [2.05, 4.69) is 15.0 Å². The van der Waals surface area contributed by atoms with Crippen molar-refractivity contribution in [3.05, 3.63) is 35.5 Å². The van der Waals surface area contributed by atoms with Gasteiger partial charge < -0.3 is 10.1 Å². The normalized spacial score (nSPS) is 19.6. The van der Waals surface area contributed by atoms with E-state index >= 15 is 0 Å². The van der Waals surface area contributed by atoms with Gasteiger partial charge in [-0.3, -0.25) is 0 Å². The lowest BCUT2D eigenvalue weighted by Crippen LogP contribution is -2.38. The van der Waals surface area contributed by atoms with Gasteiger partial charge in [-0.2, -0.15) is 0 Å². The summed E-state index contributed by atoms with van der Waals surface area (Å²) in [5.41, 5.74) is 0.675. The molecule has 164 valence electrons. The zero-order chi connectivity index (χ0) is 21.7. The van der Waals surface area contributed by atoms with Crippen molar-refractivity contribution in [2.45, 2.75) is 69.4 Å². The van der Waals surface area contributed by atoms with E-state index in [0.717, 1.165) is 35.6 Å². The molecule has 0 spiro atoms. The second kappa shape index (κ2) is 9.89. The van der Waals surface area contributed by atoms with Gasteiger partial charge in [0.15, 0.2) is 0 Å². The quantitative estimate of drug-likeness (QED) is 0.655. The van der Waals surface area contributed by atoms with Gasteiger partial charge in [0.25, 0.3) is 0 Å². The van der Waals surface area contributed by atoms with Gasteiger partial charge in [0, 0.05) is 30.3 Å². The van der Waals surface area contributed by atoms with E-state index < -0.39 is 10.0 Å². The highest BCUT2D eigenvalue weighted by atomic mass is 32.2. The fourth-order valence-corrected chi connectivity index (χ4v) is 6.12. The first-order valence-corrected chi connectivity index (χ1v) is 12.6. The Bertz CT molecular complexity index is 964. The zero-order valence-electron chi connectivity index (χ0n) is 17.6. The Labute approximate surface area is 182 Å². The van der Waals surface area contributed by atoms with Crippen LogP contribution < -0.4 is 10.0 Å². The van der Waals surface area contributed by atoms with Crippen molar-refractivity contribution in [2.24, 2.45) is 0 Å². The Morgan fingerprint density at radius 3 is 2.60 bits per heavy atom. The summed E-state index contributed by atoms with van der Waals surface area (Å²) in [6.07, 6.45) is 4.88. The first-order chi connectivity index (χ1) is 14.3. The lowest BCUT2D eigenvalue weighted by atomic mass is 9.86. The van der Waals surface area contributed by atoms with E-state index in [0.29, 0.717) is 18.0 Å². The fourth-order valence-electron chi connectivity index (χ4n) is 3.67. The molecule has 9 heteroatoms. The third-order valence-electron chi connectivity index (χ3n) is 5.04. The third-order valence-corrected chi connectivity index (χ3v) is 7.84. The lowest BCUT2D eigenvalue weighted by Gasteiger charge is -2.28. The van der Waals surface area contributed by atoms with Gasteiger partial charge in [-0.25, -0.2) is 22.9 Å². The van der Waals surface area contributed by atoms with Crippen molar-refractivity contribution in [1.82, 2.24) is 15.0 Å². The minimum Gasteiger partial charge on any atom is -0.447 e. The van der Waals surface area contributed by atoms with Crippen molar-refractivity contribution in [3.8, 4) is 10.4 Å². The van der Waals surface area contributed by atoms with Crippen LogP contribution >= 0.6 is 11.3 Å². The van der Waals surface area contributed by atoms with Crippen LogP contribution in [-0.4, -0.2) is 38.2 Å². The molecule has 1 fully saturated rings. The van der Waals surface area contributed by atoms with E-state index in [1.165, 1.54) is 0 Å². The Morgan fingerprint density at radius 1 is 1.23 bits per heavy atom. The summed E-state index contributed by atoms with van der Waals surface area (Å²) in [6, 6.07) is 7.14. The largest absolute Gasteiger partial charge is 0.447 e. The summed E-state index contributed by atoms with van der Waals surface area (Å²) in [5.74, 6) is 0.320. The molecule has 0 bridgehead atoms. The van der Waals surface area contributed by atoms with Crippen LogP contribution in [-0.2, 0) is 14.8 Å². The molecule has 2 aromatic rings. The van der Waals surface area contributed by atoms with E-state index in [4.69, 9.17) is 4.74 Å². The van der Waals surface area contributed by atoms with Gasteiger partial charge in [-0.15, -0.1) is 11.3 Å². The minimum atomic E-state index is -3.56. The summed E-state index contributed by atoms with van der Waals surface area (Å²) in [6.45, 7) is 5.77. The highest BCUT2D eigenvalue weighted by molar-refractivity contribution is 7.89. The van der Waals surface area contributed by atoms with Crippen LogP contribution in [0.4, 0.5) is 4.79 Å². The smallest absolute Gasteiger partial charge is 0.407 e. The molecule has 1 aromatic heterocycles. The Kier molecular flexibility index (Phi) is 7.49. The standard InChI is InChI=1S/C21H29N3O4S2/c1-4-23-30(26,27)19-8-6-5-7-17(19)18-13-22-20(29-18)15-9-11-16(12-10-15)24-21(25)28-14(2)3/h5-8,13-16,23H,4,9-12H2,1-3H3,(H,24,25)/t15-,16-. The highest BCUT2D eigenvalue weighted by Crippen LogP contribution is 2.39. The van der Waals surface area contributed by atoms with Crippen LogP contribution in [0.2, 0.25) is 0 Å². The van der Waals surface area contributed by atoms with Crippen molar-refractivity contribution in [1.29, 1.82) is 0 Å². The van der Waals surface area contributed by atoms with Gasteiger partial charge in [-0.05, 0) is 45.6 Å². The predicted octanol–water partition coefficient (Wildman–Crippen LogP) is 4.27. The number of amides is 1. The maximum absolute atomic E-state index is 12.6. The molecule has 1 aliphatic carbocycles. The Morgan fingerprint density at radius 2 is 1.93 bits per heavy atom. The number of sulfonamides is 1. The number of aromatic nitrogens is 1. The monoisotopic (exact) mass is 451 g/mol. The molecular weight excluding hydrogens is 422 g/mol. The molecule has 0 saturated heterocycles. The van der Waals surface area contributed by atoms with Gasteiger partial charge >= 0.3 is 6.09 Å². The van der Waals surface area contributed by atoms with Crippen LogP contribution in [0.3, 0.4) is 0 Å². The minimum absolute atomic E-state index is 0.123. The first kappa shape index (κ1) is 22.7. The summed E-state index contributed by atoms with van der Waals surface area (Å²) in [4.78, 5) is 17.5. The molecule has 0 unspecified atom stereocenters. The molecule has 0 radical (unpaired) electrons. The third kappa shape index (κ3) is 5.59. The second-order valence-corrected chi connectivity index (χ2v) is 10.5. The summed E-state index contributed by atoms with van der Waals surface area (Å²) < 4.78 is 32.8. The zero-order valence-corrected chi connectivity index (χ0v) is 19.2. The van der Waals surface area contributed by atoms with Crippen molar-refractivity contribution in [3.63, 3.8) is 0 Å². The molecule has 1 amide bonds. The van der Waals surface area contributed by atoms with E-state index in [1.807, 2.05) is 26.0 Å². The summed E-state index contributed by atoms with van der Waals surface area (Å²) in [7, 11) is -3.56. The number of hydrogen-bond acceptors (Lipinski definition) is 6. The SMILES string of the molecule is CCNS(=O)(=O)c1ccccc1-c1cnc([C@H]2CC[C@H](NC(=O)OC(C)C)CC2)s1. The number of ether oxygens (including phenoxy) is 1. The van der Waals surface area contributed by atoms with Crippen LogP contribution in [0.25, 0.3) is 10.4 Å². The van der Waals surface area contributed by atoms with Crippen LogP contribution in [0.1, 0.15) is 57.4 Å². The molecule has 1 aromatic carbocycles. The van der Waals surface area contributed by atoms with Crippen LogP contribution in [0.5, 0.6) is 0 Å². The van der Waals surface area contributed by atoms with Crippen molar-refractivity contribution in [2.75, 3.05) is 6.54 Å². The maximum atomic E-state index is 12.6. The number of nitrogens with zero attached hydrogens (tertiary/aromatic N) is 1. The first-order valence-electron chi connectivity index (χ1n) is 10.3. The highest BCUT2D eigenvalue weighted by Gasteiger charge is 2.27. The molecule has 2 N–H and O–H groups in total. The van der Waals surface area contributed by atoms with Gasteiger partial charge in [0.2, 0.25) is 10.0 Å². The lowest BCUT2D eigenvalue weighted by molar-refractivity contribution is 0.109. The van der Waals surface area contributed by atoms with Crippen molar-refractivity contribution >= 4 is 27.5 Å². The average molecular weight is 452 g/mol. The number of alkyl carbamates (subject to hydrolysis) is 1. The summed E-state index contributed by atoms with van der Waals surface area (Å²) in [5, 5.41) is 3.95. The average Bonchev–Trinajstić information content (AvgIpc) is 3.18. The van der Waals surface area contributed by atoms with Gasteiger partial charge in [-0.1, -0.05) is 25.1 Å². The van der Waals surface area contributed by atoms with E-state index in [9.17, 15) is 13.2 Å².